The van der Waals surface area contributed by atoms with Crippen LogP contribution in [0, 0.1) is 0 Å². The third-order valence-corrected chi connectivity index (χ3v) is 2.33. The molecule has 0 aliphatic heterocycles. The lowest BCUT2D eigenvalue weighted by molar-refractivity contribution is -0.111. The van der Waals surface area contributed by atoms with Gasteiger partial charge in [-0.2, -0.15) is 0 Å². The summed E-state index contributed by atoms with van der Waals surface area (Å²) in [7, 11) is 0. The summed E-state index contributed by atoms with van der Waals surface area (Å²) in [4.78, 5) is 11.2. The van der Waals surface area contributed by atoms with Crippen LogP contribution in [0.1, 0.15) is 59.3 Å². The summed E-state index contributed by atoms with van der Waals surface area (Å²) in [6.07, 6.45) is 5.21. The Morgan fingerprint density at radius 1 is 1.00 bits per heavy atom. The Bertz CT molecular complexity index is 182. The van der Waals surface area contributed by atoms with Gasteiger partial charge in [0.2, 0.25) is 6.29 Å². The largest absolute Gasteiger partial charge is 0.510 e. The first-order chi connectivity index (χ1) is 8.20. The van der Waals surface area contributed by atoms with E-state index in [1.165, 1.54) is 12.8 Å². The van der Waals surface area contributed by atoms with Crippen LogP contribution in [0.4, 0.5) is 4.79 Å². The van der Waals surface area contributed by atoms with E-state index in [1.807, 2.05) is 0 Å². The summed E-state index contributed by atoms with van der Waals surface area (Å²) in [6.45, 7) is 6.97. The zero-order valence-electron chi connectivity index (χ0n) is 11.4. The van der Waals surface area contributed by atoms with Gasteiger partial charge in [-0.25, -0.2) is 4.79 Å². The fraction of sp³-hybridized carbons (Fsp3) is 0.923. The molecule has 0 aromatic rings. The molecule has 0 amide bonds. The highest BCUT2D eigenvalue weighted by Gasteiger charge is 2.10. The number of rotatable bonds is 10. The van der Waals surface area contributed by atoms with Crippen molar-refractivity contribution in [3.05, 3.63) is 0 Å². The molecule has 102 valence electrons. The molecule has 0 rings (SSSR count). The molecule has 4 nitrogen and oxygen atoms in total. The Balaban J connectivity index is 3.37. The molecular formula is C13H26O4. The van der Waals surface area contributed by atoms with E-state index in [9.17, 15) is 4.79 Å². The molecule has 1 atom stereocenters. The van der Waals surface area contributed by atoms with Crippen LogP contribution < -0.4 is 0 Å². The normalized spacial score (nSPS) is 12.2. The van der Waals surface area contributed by atoms with Crippen LogP contribution in [0.25, 0.3) is 0 Å². The zero-order chi connectivity index (χ0) is 12.9. The van der Waals surface area contributed by atoms with E-state index in [2.05, 4.69) is 13.8 Å². The van der Waals surface area contributed by atoms with Crippen LogP contribution in [-0.4, -0.2) is 25.7 Å². The number of unbranched alkanes of at least 4 members (excludes halogenated alkanes) is 4. The van der Waals surface area contributed by atoms with Crippen LogP contribution >= 0.6 is 0 Å². The average molecular weight is 246 g/mol. The summed E-state index contributed by atoms with van der Waals surface area (Å²) in [5, 5.41) is 0. The molecule has 4 heteroatoms. The van der Waals surface area contributed by atoms with Gasteiger partial charge in [0.05, 0.1) is 13.2 Å². The molecule has 0 fully saturated rings. The van der Waals surface area contributed by atoms with E-state index in [1.54, 1.807) is 6.92 Å². The molecule has 0 aromatic carbocycles. The minimum Gasteiger partial charge on any atom is -0.434 e. The molecule has 0 radical (unpaired) electrons. The fourth-order valence-electron chi connectivity index (χ4n) is 1.28. The standard InChI is InChI=1S/C13H26O4/c1-4-6-8-9-11-16-13(14)17-12(3)15-10-7-5-2/h12H,4-11H2,1-3H3. The fourth-order valence-corrected chi connectivity index (χ4v) is 1.28. The van der Waals surface area contributed by atoms with Crippen molar-refractivity contribution < 1.29 is 19.0 Å². The van der Waals surface area contributed by atoms with Crippen molar-refractivity contribution in [2.45, 2.75) is 65.6 Å². The number of hydrogen-bond donors (Lipinski definition) is 0. The van der Waals surface area contributed by atoms with Crippen molar-refractivity contribution in [1.82, 2.24) is 0 Å². The van der Waals surface area contributed by atoms with Gasteiger partial charge in [0.15, 0.2) is 0 Å². The topological polar surface area (TPSA) is 44.8 Å². The van der Waals surface area contributed by atoms with Gasteiger partial charge >= 0.3 is 6.16 Å². The lowest BCUT2D eigenvalue weighted by Crippen LogP contribution is -2.19. The van der Waals surface area contributed by atoms with Crippen molar-refractivity contribution in [2.24, 2.45) is 0 Å². The van der Waals surface area contributed by atoms with Gasteiger partial charge in [-0.15, -0.1) is 0 Å². The van der Waals surface area contributed by atoms with Crippen molar-refractivity contribution in [3.63, 3.8) is 0 Å². The molecule has 0 aliphatic carbocycles. The van der Waals surface area contributed by atoms with Crippen molar-refractivity contribution in [3.8, 4) is 0 Å². The lowest BCUT2D eigenvalue weighted by Gasteiger charge is -2.13. The summed E-state index contributed by atoms with van der Waals surface area (Å²) in [5.74, 6) is 0. The van der Waals surface area contributed by atoms with E-state index < -0.39 is 12.4 Å². The third kappa shape index (κ3) is 11.5. The van der Waals surface area contributed by atoms with E-state index in [0.717, 1.165) is 25.7 Å². The predicted molar refractivity (Wildman–Crippen MR) is 66.9 cm³/mol. The highest BCUT2D eigenvalue weighted by Crippen LogP contribution is 2.02. The van der Waals surface area contributed by atoms with E-state index in [-0.39, 0.29) is 0 Å². The maximum atomic E-state index is 11.2. The molecule has 0 bridgehead atoms. The number of carbonyl (C=O) groups excluding carboxylic acids is 1. The Morgan fingerprint density at radius 3 is 2.35 bits per heavy atom. The zero-order valence-corrected chi connectivity index (χ0v) is 11.4. The van der Waals surface area contributed by atoms with Crippen LogP contribution in [0.2, 0.25) is 0 Å². The number of hydrogen-bond acceptors (Lipinski definition) is 4. The Hall–Kier alpha value is -0.770. The van der Waals surface area contributed by atoms with Gasteiger partial charge in [-0.3, -0.25) is 0 Å². The van der Waals surface area contributed by atoms with E-state index in [0.29, 0.717) is 13.2 Å². The van der Waals surface area contributed by atoms with Crippen molar-refractivity contribution in [1.29, 1.82) is 0 Å². The second-order valence-corrected chi connectivity index (χ2v) is 4.07. The van der Waals surface area contributed by atoms with Crippen LogP contribution in [0.3, 0.4) is 0 Å². The maximum Gasteiger partial charge on any atom is 0.510 e. The molecule has 0 aromatic heterocycles. The highest BCUT2D eigenvalue weighted by atomic mass is 16.8. The minimum atomic E-state index is -0.634. The molecule has 0 saturated carbocycles. The first-order valence-corrected chi connectivity index (χ1v) is 6.65. The minimum absolute atomic E-state index is 0.431. The first kappa shape index (κ1) is 16.2. The second kappa shape index (κ2) is 11.7. The quantitative estimate of drug-likeness (QED) is 0.333. The van der Waals surface area contributed by atoms with Gasteiger partial charge in [0.1, 0.15) is 0 Å². The Morgan fingerprint density at radius 2 is 1.71 bits per heavy atom. The Labute approximate surface area is 105 Å². The van der Waals surface area contributed by atoms with E-state index in [4.69, 9.17) is 14.2 Å². The number of carbonyl (C=O) groups is 1. The first-order valence-electron chi connectivity index (χ1n) is 6.65. The molecule has 0 heterocycles. The van der Waals surface area contributed by atoms with Gasteiger partial charge < -0.3 is 14.2 Å². The van der Waals surface area contributed by atoms with E-state index >= 15 is 0 Å². The summed E-state index contributed by atoms with van der Waals surface area (Å²) in [6, 6.07) is 0. The summed E-state index contributed by atoms with van der Waals surface area (Å²) >= 11 is 0. The van der Waals surface area contributed by atoms with Crippen molar-refractivity contribution >= 4 is 6.16 Å². The van der Waals surface area contributed by atoms with Crippen molar-refractivity contribution in [2.75, 3.05) is 13.2 Å². The van der Waals surface area contributed by atoms with Gasteiger partial charge in [-0.05, 0) is 19.8 Å². The smallest absolute Gasteiger partial charge is 0.434 e. The molecule has 0 saturated heterocycles. The lowest BCUT2D eigenvalue weighted by atomic mass is 10.2. The molecular weight excluding hydrogens is 220 g/mol. The molecule has 0 N–H and O–H groups in total. The molecule has 1 unspecified atom stereocenters. The van der Waals surface area contributed by atoms with Crippen LogP contribution in [0.15, 0.2) is 0 Å². The monoisotopic (exact) mass is 246 g/mol. The SMILES string of the molecule is CCCCCCOC(=O)OC(C)OCCCC. The van der Waals surface area contributed by atoms with Crippen LogP contribution in [-0.2, 0) is 14.2 Å². The molecule has 0 aliphatic rings. The highest BCUT2D eigenvalue weighted by molar-refractivity contribution is 5.59. The molecule has 17 heavy (non-hydrogen) atoms. The van der Waals surface area contributed by atoms with Crippen LogP contribution in [0.5, 0.6) is 0 Å². The third-order valence-electron chi connectivity index (χ3n) is 2.33. The maximum absolute atomic E-state index is 11.2. The Kier molecular flexibility index (Phi) is 11.2. The average Bonchev–Trinajstić information content (AvgIpc) is 2.29. The van der Waals surface area contributed by atoms with Gasteiger partial charge in [0.25, 0.3) is 0 Å². The van der Waals surface area contributed by atoms with Gasteiger partial charge in [-0.1, -0.05) is 39.5 Å². The summed E-state index contributed by atoms with van der Waals surface area (Å²) in [5.41, 5.74) is 0. The second-order valence-electron chi connectivity index (χ2n) is 4.07. The number of ether oxygens (including phenoxy) is 3. The van der Waals surface area contributed by atoms with Gasteiger partial charge in [0, 0.05) is 0 Å². The molecule has 0 spiro atoms. The predicted octanol–water partition coefficient (Wildman–Crippen LogP) is 3.88. The summed E-state index contributed by atoms with van der Waals surface area (Å²) < 4.78 is 15.1.